The molecule has 4 nitrogen and oxygen atoms in total. The van der Waals surface area contributed by atoms with Gasteiger partial charge in [0.15, 0.2) is 0 Å². The van der Waals surface area contributed by atoms with Gasteiger partial charge in [0, 0.05) is 16.6 Å². The van der Waals surface area contributed by atoms with Crippen LogP contribution in [0.2, 0.25) is 0 Å². The van der Waals surface area contributed by atoms with Crippen molar-refractivity contribution in [1.82, 2.24) is 4.72 Å². The molecule has 0 aliphatic heterocycles. The minimum absolute atomic E-state index is 0.0340. The molecule has 19 heavy (non-hydrogen) atoms. The molecule has 0 heterocycles. The molecule has 3 N–H and O–H groups in total. The van der Waals surface area contributed by atoms with Crippen molar-refractivity contribution in [3.05, 3.63) is 28.5 Å². The molecule has 1 aliphatic carbocycles. The quantitative estimate of drug-likeness (QED) is 0.876. The second-order valence-electron chi connectivity index (χ2n) is 4.75. The molecule has 1 aromatic carbocycles. The topological polar surface area (TPSA) is 72.2 Å². The lowest BCUT2D eigenvalue weighted by Gasteiger charge is -2.29. The zero-order valence-corrected chi connectivity index (χ0v) is 12.7. The maximum absolute atomic E-state index is 13.0. The summed E-state index contributed by atoms with van der Waals surface area (Å²) in [5, 5.41) is 0. The lowest BCUT2D eigenvalue weighted by Crippen LogP contribution is -2.49. The van der Waals surface area contributed by atoms with Gasteiger partial charge in [0.1, 0.15) is 5.82 Å². The summed E-state index contributed by atoms with van der Waals surface area (Å²) in [5.74, 6) is -0.486. The number of benzene rings is 1. The molecule has 0 amide bonds. The maximum Gasteiger partial charge on any atom is 0.241 e. The summed E-state index contributed by atoms with van der Waals surface area (Å²) in [7, 11) is -3.68. The highest BCUT2D eigenvalue weighted by Crippen LogP contribution is 2.25. The predicted octanol–water partition coefficient (Wildman–Crippen LogP) is 2.14. The SMILES string of the molecule is N[C@@H]1CCCC[C@H]1NS(=O)(=O)c1ccc(F)cc1Br. The van der Waals surface area contributed by atoms with E-state index in [4.69, 9.17) is 5.73 Å². The van der Waals surface area contributed by atoms with Crippen molar-refractivity contribution in [2.45, 2.75) is 42.7 Å². The maximum atomic E-state index is 13.0. The minimum atomic E-state index is -3.68. The van der Waals surface area contributed by atoms with Crippen molar-refractivity contribution in [1.29, 1.82) is 0 Å². The first kappa shape index (κ1) is 14.9. The second kappa shape index (κ2) is 5.87. The molecule has 0 radical (unpaired) electrons. The van der Waals surface area contributed by atoms with Gasteiger partial charge >= 0.3 is 0 Å². The highest BCUT2D eigenvalue weighted by atomic mass is 79.9. The molecule has 1 aliphatic rings. The third kappa shape index (κ3) is 3.53. The fraction of sp³-hybridized carbons (Fsp3) is 0.500. The van der Waals surface area contributed by atoms with Gasteiger partial charge < -0.3 is 5.73 Å². The number of halogens is 2. The summed E-state index contributed by atoms with van der Waals surface area (Å²) >= 11 is 3.07. The lowest BCUT2D eigenvalue weighted by atomic mass is 9.92. The van der Waals surface area contributed by atoms with Crippen LogP contribution in [0.5, 0.6) is 0 Å². The van der Waals surface area contributed by atoms with Gasteiger partial charge in [0.25, 0.3) is 0 Å². The van der Waals surface area contributed by atoms with Gasteiger partial charge in [-0.1, -0.05) is 12.8 Å². The summed E-state index contributed by atoms with van der Waals surface area (Å²) in [4.78, 5) is 0.0340. The first-order chi connectivity index (χ1) is 8.90. The van der Waals surface area contributed by atoms with Crippen LogP contribution >= 0.6 is 15.9 Å². The molecule has 2 atom stereocenters. The first-order valence-corrected chi connectivity index (χ1v) is 8.41. The van der Waals surface area contributed by atoms with Gasteiger partial charge in [0.05, 0.1) is 4.90 Å². The van der Waals surface area contributed by atoms with Gasteiger partial charge in [-0.3, -0.25) is 0 Å². The van der Waals surface area contributed by atoms with Crippen molar-refractivity contribution in [3.63, 3.8) is 0 Å². The molecule has 1 aromatic rings. The van der Waals surface area contributed by atoms with E-state index in [1.54, 1.807) is 0 Å². The number of nitrogens with one attached hydrogen (secondary N) is 1. The largest absolute Gasteiger partial charge is 0.326 e. The first-order valence-electron chi connectivity index (χ1n) is 6.13. The van der Waals surface area contributed by atoms with E-state index in [-0.39, 0.29) is 21.5 Å². The number of sulfonamides is 1. The Labute approximate surface area is 120 Å². The number of hydrogen-bond donors (Lipinski definition) is 2. The Hall–Kier alpha value is -0.500. The Morgan fingerprint density at radius 1 is 1.32 bits per heavy atom. The zero-order chi connectivity index (χ0) is 14.0. The second-order valence-corrected chi connectivity index (χ2v) is 7.29. The predicted molar refractivity (Wildman–Crippen MR) is 74.7 cm³/mol. The fourth-order valence-electron chi connectivity index (χ4n) is 2.26. The Balaban J connectivity index is 2.22. The van der Waals surface area contributed by atoms with Crippen molar-refractivity contribution in [2.24, 2.45) is 5.73 Å². The number of hydrogen-bond acceptors (Lipinski definition) is 3. The van der Waals surface area contributed by atoms with Crippen LogP contribution in [0.1, 0.15) is 25.7 Å². The summed E-state index contributed by atoms with van der Waals surface area (Å²) in [6.45, 7) is 0. The number of rotatable bonds is 3. The number of nitrogens with two attached hydrogens (primary N) is 1. The summed E-state index contributed by atoms with van der Waals surface area (Å²) in [5.41, 5.74) is 5.93. The molecule has 106 valence electrons. The third-order valence-electron chi connectivity index (χ3n) is 3.31. The Bertz CT molecular complexity index is 565. The molecule has 2 rings (SSSR count). The van der Waals surface area contributed by atoms with Crippen LogP contribution in [0.15, 0.2) is 27.6 Å². The van der Waals surface area contributed by atoms with Gasteiger partial charge in [0.2, 0.25) is 10.0 Å². The molecule has 0 saturated heterocycles. The van der Waals surface area contributed by atoms with E-state index in [1.165, 1.54) is 6.07 Å². The molecule has 1 fully saturated rings. The van der Waals surface area contributed by atoms with Crippen LogP contribution in [0.3, 0.4) is 0 Å². The monoisotopic (exact) mass is 350 g/mol. The van der Waals surface area contributed by atoms with E-state index < -0.39 is 15.8 Å². The van der Waals surface area contributed by atoms with E-state index in [9.17, 15) is 12.8 Å². The van der Waals surface area contributed by atoms with Gasteiger partial charge in [-0.2, -0.15) is 0 Å². The van der Waals surface area contributed by atoms with E-state index in [0.717, 1.165) is 37.8 Å². The molecule has 0 bridgehead atoms. The molecular weight excluding hydrogens is 335 g/mol. The molecule has 0 aromatic heterocycles. The van der Waals surface area contributed by atoms with Crippen LogP contribution in [0.25, 0.3) is 0 Å². The fourth-order valence-corrected chi connectivity index (χ4v) is 4.63. The highest BCUT2D eigenvalue weighted by molar-refractivity contribution is 9.10. The summed E-state index contributed by atoms with van der Waals surface area (Å²) in [6.07, 6.45) is 3.54. The van der Waals surface area contributed by atoms with E-state index >= 15 is 0 Å². The Morgan fingerprint density at radius 2 is 2.00 bits per heavy atom. The van der Waals surface area contributed by atoms with Crippen molar-refractivity contribution in [2.75, 3.05) is 0 Å². The molecule has 1 saturated carbocycles. The minimum Gasteiger partial charge on any atom is -0.326 e. The van der Waals surface area contributed by atoms with Crippen LogP contribution in [-0.4, -0.2) is 20.5 Å². The average molecular weight is 351 g/mol. The summed E-state index contributed by atoms with van der Waals surface area (Å²) in [6, 6.07) is 3.09. The van der Waals surface area contributed by atoms with Crippen LogP contribution in [-0.2, 0) is 10.0 Å². The van der Waals surface area contributed by atoms with Crippen LogP contribution in [0, 0.1) is 5.82 Å². The normalized spacial score (nSPS) is 24.4. The molecule has 7 heteroatoms. The molecule has 0 spiro atoms. The van der Waals surface area contributed by atoms with Gasteiger partial charge in [-0.25, -0.2) is 17.5 Å². The third-order valence-corrected chi connectivity index (χ3v) is 5.78. The van der Waals surface area contributed by atoms with Crippen molar-refractivity contribution < 1.29 is 12.8 Å². The highest BCUT2D eigenvalue weighted by Gasteiger charge is 2.28. The molecule has 0 unspecified atom stereocenters. The summed E-state index contributed by atoms with van der Waals surface area (Å²) < 4.78 is 40.3. The van der Waals surface area contributed by atoms with Crippen LogP contribution in [0.4, 0.5) is 4.39 Å². The van der Waals surface area contributed by atoms with E-state index in [0.29, 0.717) is 0 Å². The van der Waals surface area contributed by atoms with E-state index in [2.05, 4.69) is 20.7 Å². The smallest absolute Gasteiger partial charge is 0.241 e. The van der Waals surface area contributed by atoms with Crippen LogP contribution < -0.4 is 10.5 Å². The van der Waals surface area contributed by atoms with Gasteiger partial charge in [-0.15, -0.1) is 0 Å². The van der Waals surface area contributed by atoms with Gasteiger partial charge in [-0.05, 0) is 47.0 Å². The van der Waals surface area contributed by atoms with Crippen molar-refractivity contribution in [3.8, 4) is 0 Å². The Morgan fingerprint density at radius 3 is 2.63 bits per heavy atom. The molecular formula is C12H16BrFN2O2S. The zero-order valence-electron chi connectivity index (χ0n) is 10.3. The van der Waals surface area contributed by atoms with E-state index in [1.807, 2.05) is 0 Å². The standard InChI is InChI=1S/C12H16BrFN2O2S/c13-9-7-8(14)5-6-12(9)19(17,18)16-11-4-2-1-3-10(11)15/h5-7,10-11,16H,1-4,15H2/t10-,11-/m1/s1. The Kier molecular flexibility index (Phi) is 4.60. The lowest BCUT2D eigenvalue weighted by molar-refractivity contribution is 0.361. The van der Waals surface area contributed by atoms with Crippen molar-refractivity contribution >= 4 is 26.0 Å². The average Bonchev–Trinajstić information content (AvgIpc) is 2.31.